The lowest BCUT2D eigenvalue weighted by Gasteiger charge is -2.14. The van der Waals surface area contributed by atoms with Gasteiger partial charge in [-0.1, -0.05) is 13.8 Å². The zero-order valence-electron chi connectivity index (χ0n) is 9.64. The average molecular weight is 234 g/mol. The van der Waals surface area contributed by atoms with E-state index in [2.05, 4.69) is 5.32 Å². The molecule has 1 rings (SSSR count). The molecule has 90 valence electrons. The topological polar surface area (TPSA) is 93.4 Å². The molecule has 0 saturated heterocycles. The Balaban J connectivity index is 2.87. The van der Waals surface area contributed by atoms with Crippen LogP contribution in [0.2, 0.25) is 0 Å². The van der Waals surface area contributed by atoms with Gasteiger partial charge < -0.3 is 15.5 Å². The Labute approximate surface area is 99.3 Å². The number of amides is 1. The van der Waals surface area contributed by atoms with Crippen LogP contribution in [-0.4, -0.2) is 22.2 Å². The highest BCUT2D eigenvalue weighted by atomic mass is 16.3. The van der Waals surface area contributed by atoms with Crippen molar-refractivity contribution in [2.45, 2.75) is 19.9 Å². The van der Waals surface area contributed by atoms with Gasteiger partial charge in [-0.05, 0) is 18.1 Å². The molecule has 0 heterocycles. The van der Waals surface area contributed by atoms with Crippen molar-refractivity contribution in [1.82, 2.24) is 5.32 Å². The Morgan fingerprint density at radius 2 is 1.82 bits per heavy atom. The number of aromatic hydroxyl groups is 2. The van der Waals surface area contributed by atoms with Gasteiger partial charge in [-0.2, -0.15) is 5.26 Å². The molecule has 0 radical (unpaired) electrons. The molecule has 0 aliphatic heterocycles. The number of phenols is 2. The SMILES string of the molecule is CC(C)C(C#N)NC(=O)c1cc(O)cc(O)c1. The normalized spacial score (nSPS) is 11.9. The largest absolute Gasteiger partial charge is 0.508 e. The van der Waals surface area contributed by atoms with Gasteiger partial charge in [-0.3, -0.25) is 4.79 Å². The Morgan fingerprint density at radius 1 is 1.29 bits per heavy atom. The van der Waals surface area contributed by atoms with Crippen LogP contribution in [0.3, 0.4) is 0 Å². The number of rotatable bonds is 3. The van der Waals surface area contributed by atoms with E-state index in [1.165, 1.54) is 12.1 Å². The van der Waals surface area contributed by atoms with Gasteiger partial charge in [0.15, 0.2) is 0 Å². The number of nitrogens with zero attached hydrogens (tertiary/aromatic N) is 1. The van der Waals surface area contributed by atoms with Crippen LogP contribution >= 0.6 is 0 Å². The minimum Gasteiger partial charge on any atom is -0.508 e. The lowest BCUT2D eigenvalue weighted by Crippen LogP contribution is -2.37. The fourth-order valence-corrected chi connectivity index (χ4v) is 1.30. The van der Waals surface area contributed by atoms with Gasteiger partial charge in [-0.15, -0.1) is 0 Å². The smallest absolute Gasteiger partial charge is 0.252 e. The fourth-order valence-electron chi connectivity index (χ4n) is 1.30. The zero-order valence-corrected chi connectivity index (χ0v) is 9.64. The standard InChI is InChI=1S/C12H14N2O3/c1-7(2)11(6-13)14-12(17)8-3-9(15)5-10(16)4-8/h3-5,7,11,15-16H,1-2H3,(H,14,17). The number of nitriles is 1. The first-order valence-corrected chi connectivity index (χ1v) is 5.17. The van der Waals surface area contributed by atoms with E-state index < -0.39 is 11.9 Å². The van der Waals surface area contributed by atoms with Crippen molar-refractivity contribution in [2.24, 2.45) is 5.92 Å². The Morgan fingerprint density at radius 3 is 2.24 bits per heavy atom. The van der Waals surface area contributed by atoms with Crippen LogP contribution < -0.4 is 5.32 Å². The van der Waals surface area contributed by atoms with E-state index in [0.29, 0.717) is 0 Å². The molecule has 1 unspecified atom stereocenters. The summed E-state index contributed by atoms with van der Waals surface area (Å²) in [5, 5.41) is 29.8. The van der Waals surface area contributed by atoms with Crippen molar-refractivity contribution >= 4 is 5.91 Å². The lowest BCUT2D eigenvalue weighted by atomic mass is 10.1. The van der Waals surface area contributed by atoms with E-state index in [4.69, 9.17) is 5.26 Å². The number of phenolic OH excluding ortho intramolecular Hbond substituents is 2. The summed E-state index contributed by atoms with van der Waals surface area (Å²) in [6.07, 6.45) is 0. The summed E-state index contributed by atoms with van der Waals surface area (Å²) in [5.74, 6) is -0.923. The van der Waals surface area contributed by atoms with E-state index in [9.17, 15) is 15.0 Å². The minimum absolute atomic E-state index is 0.0187. The molecule has 0 bridgehead atoms. The molecule has 1 aromatic rings. The van der Waals surface area contributed by atoms with Crippen LogP contribution in [0.5, 0.6) is 11.5 Å². The van der Waals surface area contributed by atoms with Crippen LogP contribution in [0.1, 0.15) is 24.2 Å². The van der Waals surface area contributed by atoms with Crippen molar-refractivity contribution in [3.63, 3.8) is 0 Å². The highest BCUT2D eigenvalue weighted by Crippen LogP contribution is 2.20. The molecule has 1 amide bonds. The molecular formula is C12H14N2O3. The molecule has 0 fully saturated rings. The van der Waals surface area contributed by atoms with Crippen molar-refractivity contribution in [3.05, 3.63) is 23.8 Å². The van der Waals surface area contributed by atoms with Crippen LogP contribution in [0.4, 0.5) is 0 Å². The zero-order chi connectivity index (χ0) is 13.0. The highest BCUT2D eigenvalue weighted by Gasteiger charge is 2.17. The summed E-state index contributed by atoms with van der Waals surface area (Å²) >= 11 is 0. The molecule has 1 aromatic carbocycles. The first kappa shape index (κ1) is 12.8. The van der Waals surface area contributed by atoms with Gasteiger partial charge in [0, 0.05) is 11.6 Å². The lowest BCUT2D eigenvalue weighted by molar-refractivity contribution is 0.0937. The second-order valence-corrected chi connectivity index (χ2v) is 4.06. The Kier molecular flexibility index (Phi) is 3.94. The van der Waals surface area contributed by atoms with Crippen LogP contribution in [-0.2, 0) is 0 Å². The minimum atomic E-state index is -0.605. The van der Waals surface area contributed by atoms with E-state index in [-0.39, 0.29) is 23.0 Å². The average Bonchev–Trinajstić information content (AvgIpc) is 2.23. The van der Waals surface area contributed by atoms with Gasteiger partial charge in [0.25, 0.3) is 5.91 Å². The van der Waals surface area contributed by atoms with Crippen molar-refractivity contribution in [2.75, 3.05) is 0 Å². The molecule has 0 aliphatic rings. The number of hydrogen-bond acceptors (Lipinski definition) is 4. The van der Waals surface area contributed by atoms with Gasteiger partial charge in [-0.25, -0.2) is 0 Å². The number of hydrogen-bond donors (Lipinski definition) is 3. The maximum atomic E-state index is 11.7. The first-order valence-electron chi connectivity index (χ1n) is 5.17. The third-order valence-electron chi connectivity index (χ3n) is 2.26. The quantitative estimate of drug-likeness (QED) is 0.736. The molecule has 3 N–H and O–H groups in total. The van der Waals surface area contributed by atoms with E-state index >= 15 is 0 Å². The molecule has 0 saturated carbocycles. The van der Waals surface area contributed by atoms with E-state index in [1.807, 2.05) is 19.9 Å². The fraction of sp³-hybridized carbons (Fsp3) is 0.333. The number of nitrogens with one attached hydrogen (secondary N) is 1. The summed E-state index contributed by atoms with van der Waals surface area (Å²) in [6.45, 7) is 3.63. The molecule has 0 aromatic heterocycles. The highest BCUT2D eigenvalue weighted by molar-refractivity contribution is 5.95. The van der Waals surface area contributed by atoms with Gasteiger partial charge in [0.2, 0.25) is 0 Å². The Hall–Kier alpha value is -2.22. The summed E-state index contributed by atoms with van der Waals surface area (Å²) in [6, 6.07) is 4.95. The third kappa shape index (κ3) is 3.38. The van der Waals surface area contributed by atoms with Crippen LogP contribution in [0, 0.1) is 17.2 Å². The maximum absolute atomic E-state index is 11.7. The summed E-state index contributed by atoms with van der Waals surface area (Å²) in [7, 11) is 0. The predicted octanol–water partition coefficient (Wildman–Crippen LogP) is 1.38. The van der Waals surface area contributed by atoms with Crippen LogP contribution in [0.25, 0.3) is 0 Å². The number of benzene rings is 1. The number of carbonyl (C=O) groups excluding carboxylic acids is 1. The van der Waals surface area contributed by atoms with Crippen molar-refractivity contribution in [1.29, 1.82) is 5.26 Å². The van der Waals surface area contributed by atoms with Gasteiger partial charge >= 0.3 is 0 Å². The summed E-state index contributed by atoms with van der Waals surface area (Å²) < 4.78 is 0. The molecule has 0 aliphatic carbocycles. The molecule has 17 heavy (non-hydrogen) atoms. The van der Waals surface area contributed by atoms with E-state index in [1.54, 1.807) is 0 Å². The van der Waals surface area contributed by atoms with Gasteiger partial charge in [0.1, 0.15) is 17.5 Å². The molecular weight excluding hydrogens is 220 g/mol. The molecule has 1 atom stereocenters. The summed E-state index contributed by atoms with van der Waals surface area (Å²) in [5.41, 5.74) is 0.114. The van der Waals surface area contributed by atoms with E-state index in [0.717, 1.165) is 6.07 Å². The monoisotopic (exact) mass is 234 g/mol. The molecule has 5 nitrogen and oxygen atoms in total. The Bertz CT molecular complexity index is 443. The molecule has 0 spiro atoms. The van der Waals surface area contributed by atoms with Crippen molar-refractivity contribution in [3.8, 4) is 17.6 Å². The van der Waals surface area contributed by atoms with Crippen molar-refractivity contribution < 1.29 is 15.0 Å². The second kappa shape index (κ2) is 5.21. The van der Waals surface area contributed by atoms with Crippen LogP contribution in [0.15, 0.2) is 18.2 Å². The molecule has 5 heteroatoms. The third-order valence-corrected chi connectivity index (χ3v) is 2.26. The maximum Gasteiger partial charge on any atom is 0.252 e. The predicted molar refractivity (Wildman–Crippen MR) is 61.5 cm³/mol. The number of carbonyl (C=O) groups is 1. The second-order valence-electron chi connectivity index (χ2n) is 4.06. The van der Waals surface area contributed by atoms with Gasteiger partial charge in [0.05, 0.1) is 6.07 Å². The summed E-state index contributed by atoms with van der Waals surface area (Å²) in [4.78, 5) is 11.7. The first-order chi connectivity index (χ1) is 7.93.